The minimum Gasteiger partial charge on any atom is -0.376 e. The number of carbonyl (C=O) groups excluding carboxylic acids is 2. The molecule has 5 nitrogen and oxygen atoms in total. The number of thiocarbonyl (C=S) groups is 1. The highest BCUT2D eigenvalue weighted by Gasteiger charge is 2.42. The monoisotopic (exact) mass is 375 g/mol. The number of benzene rings is 3. The van der Waals surface area contributed by atoms with Gasteiger partial charge < -0.3 is 16.4 Å². The van der Waals surface area contributed by atoms with E-state index < -0.39 is 17.7 Å². The van der Waals surface area contributed by atoms with Crippen LogP contribution in [0.25, 0.3) is 10.8 Å². The smallest absolute Gasteiger partial charge is 0.239 e. The first-order valence-electron chi connectivity index (χ1n) is 8.54. The maximum atomic E-state index is 12.8. The van der Waals surface area contributed by atoms with Gasteiger partial charge in [0.25, 0.3) is 0 Å². The van der Waals surface area contributed by atoms with Crippen LogP contribution in [0.1, 0.15) is 17.0 Å². The molecule has 0 saturated carbocycles. The minimum absolute atomic E-state index is 0.150. The summed E-state index contributed by atoms with van der Waals surface area (Å²) in [6.07, 6.45) is 0. The minimum atomic E-state index is -0.979. The average Bonchev–Trinajstić information content (AvgIpc) is 2.66. The van der Waals surface area contributed by atoms with E-state index in [-0.39, 0.29) is 11.0 Å². The Morgan fingerprint density at radius 3 is 2.44 bits per heavy atom. The first-order chi connectivity index (χ1) is 13.1. The van der Waals surface area contributed by atoms with Gasteiger partial charge in [-0.25, -0.2) is 0 Å². The highest BCUT2D eigenvalue weighted by Crippen LogP contribution is 2.44. The number of anilines is 1. The summed E-state index contributed by atoms with van der Waals surface area (Å²) in [4.78, 5) is 25.7. The van der Waals surface area contributed by atoms with Gasteiger partial charge in [-0.1, -0.05) is 60.7 Å². The van der Waals surface area contributed by atoms with Gasteiger partial charge >= 0.3 is 0 Å². The Labute approximate surface area is 161 Å². The van der Waals surface area contributed by atoms with Crippen molar-refractivity contribution in [3.8, 4) is 0 Å². The Bertz CT molecular complexity index is 1070. The van der Waals surface area contributed by atoms with Gasteiger partial charge in [0.2, 0.25) is 11.8 Å². The van der Waals surface area contributed by atoms with E-state index in [2.05, 4.69) is 10.6 Å². The molecular formula is C21H17N3O2S. The molecule has 0 fully saturated rings. The summed E-state index contributed by atoms with van der Waals surface area (Å²) in [6.45, 7) is 0. The second-order valence-electron chi connectivity index (χ2n) is 6.46. The number of rotatable bonds is 2. The lowest BCUT2D eigenvalue weighted by atomic mass is 9.75. The predicted molar refractivity (Wildman–Crippen MR) is 109 cm³/mol. The van der Waals surface area contributed by atoms with Gasteiger partial charge in [-0.05, 0) is 40.2 Å². The summed E-state index contributed by atoms with van der Waals surface area (Å²) in [6, 6.07) is 21.3. The summed E-state index contributed by atoms with van der Waals surface area (Å²) >= 11 is 4.80. The molecular weight excluding hydrogens is 358 g/mol. The molecule has 4 rings (SSSR count). The molecule has 0 spiro atoms. The van der Waals surface area contributed by atoms with E-state index in [0.717, 1.165) is 21.9 Å². The third-order valence-electron chi connectivity index (χ3n) is 4.84. The molecule has 0 aliphatic carbocycles. The van der Waals surface area contributed by atoms with Gasteiger partial charge in [0, 0.05) is 11.6 Å². The highest BCUT2D eigenvalue weighted by atomic mass is 32.1. The molecule has 3 aromatic carbocycles. The number of nitrogens with one attached hydrogen (secondary N) is 2. The second kappa shape index (κ2) is 6.81. The van der Waals surface area contributed by atoms with Crippen LogP contribution in [0.5, 0.6) is 0 Å². The molecule has 27 heavy (non-hydrogen) atoms. The number of amides is 2. The summed E-state index contributed by atoms with van der Waals surface area (Å²) in [5.41, 5.74) is 8.00. The SMILES string of the molecule is NC(=S)NC(=O)C1C(=O)Nc2ccc3ccccc3c2C1c1ccccc1. The molecule has 134 valence electrons. The molecule has 6 heteroatoms. The van der Waals surface area contributed by atoms with Crippen molar-refractivity contribution in [2.24, 2.45) is 11.7 Å². The van der Waals surface area contributed by atoms with E-state index in [4.69, 9.17) is 18.0 Å². The predicted octanol–water partition coefficient (Wildman–Crippen LogP) is 2.90. The first kappa shape index (κ1) is 17.2. The Hall–Kier alpha value is -3.25. The topological polar surface area (TPSA) is 84.2 Å². The van der Waals surface area contributed by atoms with Crippen LogP contribution in [0.3, 0.4) is 0 Å². The molecule has 1 aliphatic heterocycles. The zero-order chi connectivity index (χ0) is 19.0. The molecule has 0 saturated heterocycles. The second-order valence-corrected chi connectivity index (χ2v) is 6.90. The van der Waals surface area contributed by atoms with Crippen LogP contribution in [-0.4, -0.2) is 16.9 Å². The molecule has 0 aromatic heterocycles. The molecule has 2 amide bonds. The Kier molecular flexibility index (Phi) is 4.33. The molecule has 2 unspecified atom stereocenters. The lowest BCUT2D eigenvalue weighted by Crippen LogP contribution is -2.47. The van der Waals surface area contributed by atoms with Gasteiger partial charge in [-0.15, -0.1) is 0 Å². The van der Waals surface area contributed by atoms with Crippen LogP contribution in [0.15, 0.2) is 66.7 Å². The molecule has 0 bridgehead atoms. The molecule has 1 heterocycles. The van der Waals surface area contributed by atoms with Gasteiger partial charge in [0.05, 0.1) is 0 Å². The van der Waals surface area contributed by atoms with Crippen molar-refractivity contribution in [3.05, 3.63) is 77.9 Å². The van der Waals surface area contributed by atoms with E-state index in [0.29, 0.717) is 5.69 Å². The number of fused-ring (bicyclic) bond motifs is 3. The lowest BCUT2D eigenvalue weighted by molar-refractivity contribution is -0.132. The Morgan fingerprint density at radius 2 is 1.70 bits per heavy atom. The van der Waals surface area contributed by atoms with Crippen molar-refractivity contribution < 1.29 is 9.59 Å². The van der Waals surface area contributed by atoms with Crippen LogP contribution < -0.4 is 16.4 Å². The third-order valence-corrected chi connectivity index (χ3v) is 4.94. The van der Waals surface area contributed by atoms with Crippen molar-refractivity contribution in [1.82, 2.24) is 5.32 Å². The van der Waals surface area contributed by atoms with Crippen molar-refractivity contribution in [1.29, 1.82) is 0 Å². The van der Waals surface area contributed by atoms with Gasteiger partial charge in [0.15, 0.2) is 5.11 Å². The van der Waals surface area contributed by atoms with Crippen molar-refractivity contribution >= 4 is 45.6 Å². The lowest BCUT2D eigenvalue weighted by Gasteiger charge is -2.33. The third kappa shape index (κ3) is 3.04. The molecule has 0 radical (unpaired) electrons. The zero-order valence-electron chi connectivity index (χ0n) is 14.3. The first-order valence-corrected chi connectivity index (χ1v) is 8.95. The quantitative estimate of drug-likeness (QED) is 0.475. The fourth-order valence-electron chi connectivity index (χ4n) is 3.76. The Balaban J connectivity index is 1.98. The normalized spacial score (nSPS) is 18.4. The number of nitrogens with two attached hydrogens (primary N) is 1. The molecule has 1 aliphatic rings. The van der Waals surface area contributed by atoms with Crippen LogP contribution in [-0.2, 0) is 9.59 Å². The molecule has 4 N–H and O–H groups in total. The van der Waals surface area contributed by atoms with Gasteiger partial charge in [-0.3, -0.25) is 9.59 Å². The maximum Gasteiger partial charge on any atom is 0.239 e. The highest BCUT2D eigenvalue weighted by molar-refractivity contribution is 7.80. The van der Waals surface area contributed by atoms with Crippen LogP contribution in [0.4, 0.5) is 5.69 Å². The fraction of sp³-hybridized carbons (Fsp3) is 0.0952. The van der Waals surface area contributed by atoms with Gasteiger partial charge in [-0.2, -0.15) is 0 Å². The number of hydrogen-bond donors (Lipinski definition) is 3. The van der Waals surface area contributed by atoms with Crippen molar-refractivity contribution in [2.45, 2.75) is 5.92 Å². The van der Waals surface area contributed by atoms with Crippen LogP contribution >= 0.6 is 12.2 Å². The maximum absolute atomic E-state index is 12.8. The average molecular weight is 375 g/mol. The number of hydrogen-bond acceptors (Lipinski definition) is 3. The Morgan fingerprint density at radius 1 is 1.00 bits per heavy atom. The standard InChI is InChI=1S/C21H17N3O2S/c22-21(27)24-20(26)18-16(13-7-2-1-3-8-13)17-14-9-5-4-6-12(14)10-11-15(17)23-19(18)25/h1-11,16,18H,(H,23,25)(H3,22,24,26,27). The molecule has 2 atom stereocenters. The fourth-order valence-corrected chi connectivity index (χ4v) is 3.86. The van der Waals surface area contributed by atoms with E-state index in [1.54, 1.807) is 0 Å². The van der Waals surface area contributed by atoms with E-state index >= 15 is 0 Å². The number of carbonyl (C=O) groups is 2. The summed E-state index contributed by atoms with van der Waals surface area (Å²) in [5, 5.41) is 7.19. The van der Waals surface area contributed by atoms with Crippen molar-refractivity contribution in [2.75, 3.05) is 5.32 Å². The summed E-state index contributed by atoms with van der Waals surface area (Å²) in [7, 11) is 0. The van der Waals surface area contributed by atoms with Crippen molar-refractivity contribution in [3.63, 3.8) is 0 Å². The van der Waals surface area contributed by atoms with Gasteiger partial charge in [0.1, 0.15) is 5.92 Å². The summed E-state index contributed by atoms with van der Waals surface area (Å²) < 4.78 is 0. The largest absolute Gasteiger partial charge is 0.376 e. The van der Waals surface area contributed by atoms with Crippen LogP contribution in [0.2, 0.25) is 0 Å². The zero-order valence-corrected chi connectivity index (χ0v) is 15.1. The van der Waals surface area contributed by atoms with E-state index in [1.807, 2.05) is 66.7 Å². The molecule has 3 aromatic rings. The van der Waals surface area contributed by atoms with Crippen LogP contribution in [0, 0.1) is 5.92 Å². The van der Waals surface area contributed by atoms with E-state index in [9.17, 15) is 9.59 Å². The summed E-state index contributed by atoms with van der Waals surface area (Å²) in [5.74, 6) is -2.31. The van der Waals surface area contributed by atoms with E-state index in [1.165, 1.54) is 0 Å².